The zero-order valence-electron chi connectivity index (χ0n) is 16.1. The van der Waals surface area contributed by atoms with Crippen molar-refractivity contribution in [2.75, 3.05) is 32.4 Å². The first kappa shape index (κ1) is 18.7. The summed E-state index contributed by atoms with van der Waals surface area (Å²) in [4.78, 5) is 6.64. The van der Waals surface area contributed by atoms with Gasteiger partial charge in [0.1, 0.15) is 5.82 Å². The van der Waals surface area contributed by atoms with Gasteiger partial charge in [-0.25, -0.2) is 13.4 Å². The van der Waals surface area contributed by atoms with Gasteiger partial charge in [-0.1, -0.05) is 24.3 Å². The number of fused-ring (bicyclic) bond motifs is 1. The van der Waals surface area contributed by atoms with E-state index in [1.807, 2.05) is 24.9 Å². The Labute approximate surface area is 161 Å². The van der Waals surface area contributed by atoms with E-state index in [-0.39, 0.29) is 11.8 Å². The van der Waals surface area contributed by atoms with Gasteiger partial charge in [0.05, 0.1) is 11.8 Å². The largest absolute Gasteiger partial charge is 0.337 e. The van der Waals surface area contributed by atoms with E-state index in [9.17, 15) is 8.42 Å². The van der Waals surface area contributed by atoms with Gasteiger partial charge in [0.2, 0.25) is 10.0 Å². The number of rotatable bonds is 5. The summed E-state index contributed by atoms with van der Waals surface area (Å²) in [6.07, 6.45) is 6.52. The lowest BCUT2D eigenvalue weighted by atomic mass is 9.99. The first-order valence-corrected chi connectivity index (χ1v) is 11.3. The van der Waals surface area contributed by atoms with Gasteiger partial charge in [-0.3, -0.25) is 4.90 Å². The van der Waals surface area contributed by atoms with Crippen molar-refractivity contribution < 1.29 is 8.42 Å². The van der Waals surface area contributed by atoms with Crippen LogP contribution in [-0.4, -0.2) is 59.6 Å². The Hall–Kier alpha value is -1.70. The van der Waals surface area contributed by atoms with E-state index in [0.29, 0.717) is 25.4 Å². The van der Waals surface area contributed by atoms with Gasteiger partial charge in [0.15, 0.2) is 0 Å². The molecule has 0 saturated carbocycles. The Kier molecular flexibility index (Phi) is 5.09. The van der Waals surface area contributed by atoms with Crippen molar-refractivity contribution in [2.45, 2.75) is 31.2 Å². The van der Waals surface area contributed by atoms with Crippen LogP contribution in [0.3, 0.4) is 0 Å². The second-order valence-electron chi connectivity index (χ2n) is 7.79. The smallest absolute Gasteiger partial charge is 0.214 e. The summed E-state index contributed by atoms with van der Waals surface area (Å²) in [7, 11) is 0.736. The van der Waals surface area contributed by atoms with E-state index >= 15 is 0 Å². The van der Waals surface area contributed by atoms with Crippen molar-refractivity contribution in [1.82, 2.24) is 18.8 Å². The first-order valence-electron chi connectivity index (χ1n) is 9.69. The maximum atomic E-state index is 13.0. The number of sulfonamides is 1. The molecule has 1 fully saturated rings. The number of hydrogen-bond donors (Lipinski definition) is 0. The molecule has 0 N–H and O–H groups in total. The van der Waals surface area contributed by atoms with Gasteiger partial charge in [-0.2, -0.15) is 4.31 Å². The number of likely N-dealkylation sites (N-methyl/N-ethyl adjacent to an activating group) is 1. The topological polar surface area (TPSA) is 58.4 Å². The lowest BCUT2D eigenvalue weighted by Gasteiger charge is -2.38. The highest BCUT2D eigenvalue weighted by atomic mass is 32.2. The Balaban J connectivity index is 1.44. The van der Waals surface area contributed by atoms with Crippen LogP contribution in [0, 0.1) is 0 Å². The summed E-state index contributed by atoms with van der Waals surface area (Å²) in [5.74, 6) is 1.51. The van der Waals surface area contributed by atoms with E-state index in [1.54, 1.807) is 10.5 Å². The number of aryl methyl sites for hydroxylation is 2. The molecule has 6 nitrogen and oxygen atoms in total. The summed E-state index contributed by atoms with van der Waals surface area (Å²) < 4.78 is 29.7. The molecule has 27 heavy (non-hydrogen) atoms. The van der Waals surface area contributed by atoms with Crippen LogP contribution in [0.1, 0.15) is 41.8 Å². The fraction of sp³-hybridized carbons (Fsp3) is 0.550. The Morgan fingerprint density at radius 1 is 1.19 bits per heavy atom. The van der Waals surface area contributed by atoms with E-state index in [2.05, 4.69) is 34.1 Å². The van der Waals surface area contributed by atoms with Crippen molar-refractivity contribution in [3.63, 3.8) is 0 Å². The molecule has 146 valence electrons. The predicted molar refractivity (Wildman–Crippen MR) is 106 cm³/mol. The molecule has 1 saturated heterocycles. The second kappa shape index (κ2) is 7.37. The van der Waals surface area contributed by atoms with Crippen molar-refractivity contribution in [3.8, 4) is 0 Å². The number of hydrogen-bond acceptors (Lipinski definition) is 4. The Bertz CT molecular complexity index is 908. The quantitative estimate of drug-likeness (QED) is 0.788. The Morgan fingerprint density at radius 3 is 2.78 bits per heavy atom. The average molecular weight is 389 g/mol. The molecular formula is C20H28N4O2S. The molecule has 0 spiro atoms. The summed E-state index contributed by atoms with van der Waals surface area (Å²) >= 11 is 0. The third kappa shape index (κ3) is 3.68. The summed E-state index contributed by atoms with van der Waals surface area (Å²) in [6, 6.07) is 8.46. The number of benzene rings is 1. The van der Waals surface area contributed by atoms with Gasteiger partial charge in [-0.05, 0) is 43.4 Å². The number of nitrogens with zero attached hydrogens (tertiary/aromatic N) is 4. The van der Waals surface area contributed by atoms with Crippen LogP contribution in [0.25, 0.3) is 0 Å². The molecule has 2 aromatic rings. The number of aromatic nitrogens is 2. The highest BCUT2D eigenvalue weighted by Gasteiger charge is 2.35. The molecule has 0 bridgehead atoms. The SMILES string of the molecule is CN1CCN(S(=O)(=O)CCC2CCc3ccccc32)CC1c1nccn1C. The fourth-order valence-electron chi connectivity index (χ4n) is 4.44. The second-order valence-corrected chi connectivity index (χ2v) is 9.88. The lowest BCUT2D eigenvalue weighted by Crippen LogP contribution is -2.50. The first-order chi connectivity index (χ1) is 13.0. The summed E-state index contributed by atoms with van der Waals surface area (Å²) in [5.41, 5.74) is 2.73. The van der Waals surface area contributed by atoms with Crippen molar-refractivity contribution >= 4 is 10.0 Å². The number of imidazole rings is 1. The molecule has 2 aliphatic rings. The summed E-state index contributed by atoms with van der Waals surface area (Å²) in [6.45, 7) is 1.76. The molecule has 1 aromatic carbocycles. The van der Waals surface area contributed by atoms with Crippen LogP contribution in [0.5, 0.6) is 0 Å². The molecule has 1 aliphatic heterocycles. The van der Waals surface area contributed by atoms with Gasteiger partial charge in [0, 0.05) is 39.1 Å². The fourth-order valence-corrected chi connectivity index (χ4v) is 6.01. The molecule has 2 atom stereocenters. The molecule has 1 aromatic heterocycles. The molecule has 1 aliphatic carbocycles. The zero-order chi connectivity index (χ0) is 19.0. The van der Waals surface area contributed by atoms with Gasteiger partial charge >= 0.3 is 0 Å². The van der Waals surface area contributed by atoms with E-state index < -0.39 is 10.0 Å². The average Bonchev–Trinajstić information content (AvgIpc) is 3.26. The van der Waals surface area contributed by atoms with Crippen molar-refractivity contribution in [2.24, 2.45) is 7.05 Å². The zero-order valence-corrected chi connectivity index (χ0v) is 16.9. The van der Waals surface area contributed by atoms with Crippen molar-refractivity contribution in [1.29, 1.82) is 0 Å². The van der Waals surface area contributed by atoms with E-state index in [1.165, 1.54) is 11.1 Å². The highest BCUT2D eigenvalue weighted by Crippen LogP contribution is 2.36. The van der Waals surface area contributed by atoms with Crippen LogP contribution in [0.2, 0.25) is 0 Å². The molecule has 0 radical (unpaired) electrons. The molecule has 4 rings (SSSR count). The molecule has 0 amide bonds. The maximum absolute atomic E-state index is 13.0. The van der Waals surface area contributed by atoms with Crippen LogP contribution in [0.15, 0.2) is 36.7 Å². The van der Waals surface area contributed by atoms with Gasteiger partial charge in [-0.15, -0.1) is 0 Å². The third-order valence-electron chi connectivity index (χ3n) is 6.14. The van der Waals surface area contributed by atoms with E-state index in [0.717, 1.165) is 25.2 Å². The minimum atomic E-state index is -3.26. The lowest BCUT2D eigenvalue weighted by molar-refractivity contribution is 0.140. The Morgan fingerprint density at radius 2 is 2.00 bits per heavy atom. The monoisotopic (exact) mass is 388 g/mol. The maximum Gasteiger partial charge on any atom is 0.214 e. The minimum absolute atomic E-state index is 0.000677. The molecule has 2 unspecified atom stereocenters. The molecule has 7 heteroatoms. The number of piperazine rings is 1. The van der Waals surface area contributed by atoms with Crippen LogP contribution < -0.4 is 0 Å². The molecular weight excluding hydrogens is 360 g/mol. The normalized spacial score (nSPS) is 24.2. The minimum Gasteiger partial charge on any atom is -0.337 e. The standard InChI is InChI=1S/C20H28N4O2S/c1-22-12-13-24(15-19(22)20-21-10-11-23(20)2)27(25,26)14-9-17-8-7-16-5-3-4-6-18(16)17/h3-6,10-11,17,19H,7-9,12-15H2,1-2H3. The van der Waals surface area contributed by atoms with Crippen LogP contribution in [-0.2, 0) is 23.5 Å². The van der Waals surface area contributed by atoms with Crippen LogP contribution >= 0.6 is 0 Å². The predicted octanol–water partition coefficient (Wildman–Crippen LogP) is 2.16. The third-order valence-corrected chi connectivity index (χ3v) is 8.01. The summed E-state index contributed by atoms with van der Waals surface area (Å²) in [5, 5.41) is 0. The van der Waals surface area contributed by atoms with E-state index in [4.69, 9.17) is 0 Å². The van der Waals surface area contributed by atoms with Gasteiger partial charge in [0.25, 0.3) is 0 Å². The molecule has 2 heterocycles. The van der Waals surface area contributed by atoms with Crippen LogP contribution in [0.4, 0.5) is 0 Å². The van der Waals surface area contributed by atoms with Gasteiger partial charge < -0.3 is 4.57 Å². The van der Waals surface area contributed by atoms with Crippen molar-refractivity contribution in [3.05, 3.63) is 53.6 Å². The highest BCUT2D eigenvalue weighted by molar-refractivity contribution is 7.89.